The molecule has 0 amide bonds. The van der Waals surface area contributed by atoms with Crippen molar-refractivity contribution in [1.82, 2.24) is 0 Å². The standard InChI is InChI=1S/C7H10Cl2N2/c1-4-7(3,6(8)9)5(2)11-10-4/h6H,1-3H3. The van der Waals surface area contributed by atoms with Crippen LogP contribution in [0.5, 0.6) is 0 Å². The molecule has 1 heterocycles. The van der Waals surface area contributed by atoms with Gasteiger partial charge in [0.1, 0.15) is 4.84 Å². The van der Waals surface area contributed by atoms with Gasteiger partial charge in [0.25, 0.3) is 0 Å². The molecule has 0 aromatic carbocycles. The van der Waals surface area contributed by atoms with Crippen LogP contribution in [-0.2, 0) is 0 Å². The fraction of sp³-hybridized carbons (Fsp3) is 0.714. The van der Waals surface area contributed by atoms with Crippen LogP contribution in [-0.4, -0.2) is 16.3 Å². The van der Waals surface area contributed by atoms with Crippen LogP contribution >= 0.6 is 23.2 Å². The second kappa shape index (κ2) is 2.76. The summed E-state index contributed by atoms with van der Waals surface area (Å²) in [6.07, 6.45) is 0. The monoisotopic (exact) mass is 192 g/mol. The SMILES string of the molecule is CC1=NN=C(C)C1(C)C(Cl)Cl. The minimum Gasteiger partial charge on any atom is -0.159 e. The summed E-state index contributed by atoms with van der Waals surface area (Å²) in [4.78, 5) is -0.475. The van der Waals surface area contributed by atoms with Crippen LogP contribution in [0.2, 0.25) is 0 Å². The number of rotatable bonds is 1. The smallest absolute Gasteiger partial charge is 0.123 e. The highest BCUT2D eigenvalue weighted by Gasteiger charge is 2.41. The maximum absolute atomic E-state index is 5.82. The highest BCUT2D eigenvalue weighted by atomic mass is 35.5. The Morgan fingerprint density at radius 1 is 1.18 bits per heavy atom. The summed E-state index contributed by atoms with van der Waals surface area (Å²) < 4.78 is 0. The molecule has 0 fully saturated rings. The van der Waals surface area contributed by atoms with Crippen LogP contribution in [0.1, 0.15) is 20.8 Å². The topological polar surface area (TPSA) is 24.7 Å². The largest absolute Gasteiger partial charge is 0.159 e. The van der Waals surface area contributed by atoms with E-state index in [2.05, 4.69) is 10.2 Å². The second-order valence-electron chi connectivity index (χ2n) is 2.87. The Morgan fingerprint density at radius 3 is 1.73 bits per heavy atom. The van der Waals surface area contributed by atoms with Crippen molar-refractivity contribution in [3.05, 3.63) is 0 Å². The molecule has 0 bridgehead atoms. The van der Waals surface area contributed by atoms with Gasteiger partial charge in [-0.2, -0.15) is 10.2 Å². The van der Waals surface area contributed by atoms with Crippen LogP contribution in [0.25, 0.3) is 0 Å². The van der Waals surface area contributed by atoms with E-state index in [0.29, 0.717) is 0 Å². The maximum Gasteiger partial charge on any atom is 0.123 e. The molecule has 0 radical (unpaired) electrons. The Bertz CT molecular complexity index is 213. The predicted molar refractivity (Wildman–Crippen MR) is 49.8 cm³/mol. The third-order valence-electron chi connectivity index (χ3n) is 2.29. The van der Waals surface area contributed by atoms with E-state index in [9.17, 15) is 0 Å². The summed E-state index contributed by atoms with van der Waals surface area (Å²) >= 11 is 11.6. The second-order valence-corrected chi connectivity index (χ2v) is 3.97. The number of hydrogen-bond donors (Lipinski definition) is 0. The highest BCUT2D eigenvalue weighted by Crippen LogP contribution is 2.35. The number of halogens is 2. The molecule has 0 aromatic rings. The Kier molecular flexibility index (Phi) is 2.26. The third-order valence-corrected chi connectivity index (χ3v) is 3.16. The summed E-state index contributed by atoms with van der Waals surface area (Å²) in [6, 6.07) is 0. The highest BCUT2D eigenvalue weighted by molar-refractivity contribution is 6.48. The summed E-state index contributed by atoms with van der Waals surface area (Å²) in [7, 11) is 0. The first-order valence-electron chi connectivity index (χ1n) is 3.37. The normalized spacial score (nSPS) is 22.0. The van der Waals surface area contributed by atoms with Gasteiger partial charge in [0.05, 0.1) is 16.8 Å². The molecule has 11 heavy (non-hydrogen) atoms. The molecule has 0 unspecified atom stereocenters. The van der Waals surface area contributed by atoms with Crippen LogP contribution in [0.15, 0.2) is 10.2 Å². The zero-order valence-electron chi connectivity index (χ0n) is 6.73. The zero-order valence-corrected chi connectivity index (χ0v) is 8.24. The molecule has 0 aliphatic carbocycles. The molecule has 62 valence electrons. The van der Waals surface area contributed by atoms with Crippen molar-refractivity contribution < 1.29 is 0 Å². The van der Waals surface area contributed by atoms with Gasteiger partial charge >= 0.3 is 0 Å². The molecular weight excluding hydrogens is 183 g/mol. The average Bonchev–Trinajstić information content (AvgIpc) is 2.18. The Balaban J connectivity index is 3.02. The molecule has 0 atom stereocenters. The van der Waals surface area contributed by atoms with Crippen molar-refractivity contribution in [3.8, 4) is 0 Å². The van der Waals surface area contributed by atoms with Crippen molar-refractivity contribution in [1.29, 1.82) is 0 Å². The van der Waals surface area contributed by atoms with Crippen LogP contribution in [0.4, 0.5) is 0 Å². The molecule has 0 aromatic heterocycles. The van der Waals surface area contributed by atoms with E-state index in [1.54, 1.807) is 0 Å². The summed E-state index contributed by atoms with van der Waals surface area (Å²) in [5, 5.41) is 7.85. The number of hydrogen-bond acceptors (Lipinski definition) is 2. The first-order valence-corrected chi connectivity index (χ1v) is 4.25. The first-order chi connectivity index (χ1) is 4.99. The van der Waals surface area contributed by atoms with E-state index in [-0.39, 0.29) is 5.41 Å². The third kappa shape index (κ3) is 1.18. The minimum absolute atomic E-state index is 0.358. The van der Waals surface area contributed by atoms with E-state index >= 15 is 0 Å². The van der Waals surface area contributed by atoms with Crippen LogP contribution in [0.3, 0.4) is 0 Å². The fourth-order valence-electron chi connectivity index (χ4n) is 0.935. The zero-order chi connectivity index (χ0) is 8.65. The average molecular weight is 193 g/mol. The molecular formula is C7H10Cl2N2. The lowest BCUT2D eigenvalue weighted by atomic mass is 9.84. The molecule has 1 rings (SSSR count). The van der Waals surface area contributed by atoms with Gasteiger partial charge in [-0.15, -0.1) is 23.2 Å². The lowest BCUT2D eigenvalue weighted by Gasteiger charge is -2.25. The van der Waals surface area contributed by atoms with Crippen molar-refractivity contribution in [2.75, 3.05) is 0 Å². The van der Waals surface area contributed by atoms with E-state index in [4.69, 9.17) is 23.2 Å². The molecule has 0 saturated carbocycles. The Labute approximate surface area is 76.3 Å². The minimum atomic E-state index is -0.475. The fourth-order valence-corrected chi connectivity index (χ4v) is 1.57. The predicted octanol–water partition coefficient (Wildman–Crippen LogP) is 2.65. The maximum atomic E-state index is 5.82. The number of nitrogens with zero attached hydrogens (tertiary/aromatic N) is 2. The van der Waals surface area contributed by atoms with E-state index in [0.717, 1.165) is 11.4 Å². The summed E-state index contributed by atoms with van der Waals surface area (Å²) in [5.41, 5.74) is 1.40. The summed E-state index contributed by atoms with van der Waals surface area (Å²) in [5.74, 6) is 0. The van der Waals surface area contributed by atoms with Gasteiger partial charge in [0.2, 0.25) is 0 Å². The molecule has 0 saturated heterocycles. The molecule has 0 N–H and O–H groups in total. The lowest BCUT2D eigenvalue weighted by molar-refractivity contribution is 0.706. The van der Waals surface area contributed by atoms with E-state index < -0.39 is 4.84 Å². The molecule has 4 heteroatoms. The first kappa shape index (κ1) is 9.01. The van der Waals surface area contributed by atoms with Crippen molar-refractivity contribution >= 4 is 34.6 Å². The molecule has 1 aliphatic heterocycles. The number of alkyl halides is 2. The van der Waals surface area contributed by atoms with E-state index in [1.165, 1.54) is 0 Å². The van der Waals surface area contributed by atoms with Crippen molar-refractivity contribution in [2.24, 2.45) is 15.6 Å². The quantitative estimate of drug-likeness (QED) is 0.572. The summed E-state index contributed by atoms with van der Waals surface area (Å²) in [6.45, 7) is 5.72. The van der Waals surface area contributed by atoms with Crippen LogP contribution in [0, 0.1) is 5.41 Å². The van der Waals surface area contributed by atoms with Crippen molar-refractivity contribution in [3.63, 3.8) is 0 Å². The van der Waals surface area contributed by atoms with Gasteiger partial charge in [-0.05, 0) is 20.8 Å². The van der Waals surface area contributed by atoms with E-state index in [1.807, 2.05) is 20.8 Å². The van der Waals surface area contributed by atoms with Gasteiger partial charge in [-0.3, -0.25) is 0 Å². The lowest BCUT2D eigenvalue weighted by Crippen LogP contribution is -2.36. The molecule has 1 aliphatic rings. The van der Waals surface area contributed by atoms with Crippen LogP contribution < -0.4 is 0 Å². The van der Waals surface area contributed by atoms with Crippen molar-refractivity contribution in [2.45, 2.75) is 25.6 Å². The molecule has 0 spiro atoms. The van der Waals surface area contributed by atoms with Gasteiger partial charge in [0.15, 0.2) is 0 Å². The Hall–Kier alpha value is -0.0800. The Morgan fingerprint density at radius 2 is 1.55 bits per heavy atom. The van der Waals surface area contributed by atoms with Gasteiger partial charge in [-0.1, -0.05) is 0 Å². The van der Waals surface area contributed by atoms with Gasteiger partial charge in [0, 0.05) is 0 Å². The van der Waals surface area contributed by atoms with Gasteiger partial charge < -0.3 is 0 Å². The van der Waals surface area contributed by atoms with Gasteiger partial charge in [-0.25, -0.2) is 0 Å². The molecule has 2 nitrogen and oxygen atoms in total.